The summed E-state index contributed by atoms with van der Waals surface area (Å²) in [4.78, 5) is 32.6. The normalized spacial score (nSPS) is 14.5. The number of piperazine rings is 1. The van der Waals surface area contributed by atoms with Gasteiger partial charge in [-0.15, -0.1) is 0 Å². The predicted octanol–water partition coefficient (Wildman–Crippen LogP) is 4.40. The number of halogens is 4. The summed E-state index contributed by atoms with van der Waals surface area (Å²) in [5.74, 6) is -0.413. The quantitative estimate of drug-likeness (QED) is 0.603. The van der Waals surface area contributed by atoms with Crippen LogP contribution in [0.4, 0.5) is 0 Å². The van der Waals surface area contributed by atoms with Crippen molar-refractivity contribution in [3.05, 3.63) is 61.3 Å². The lowest BCUT2D eigenvalue weighted by Crippen LogP contribution is -2.50. The molecule has 0 aliphatic carbocycles. The number of rotatable bonds is 2. The van der Waals surface area contributed by atoms with Gasteiger partial charge in [0.2, 0.25) is 0 Å². The molecular weight excluding hydrogens is 464 g/mol. The predicted molar refractivity (Wildman–Crippen MR) is 105 cm³/mol. The Balaban J connectivity index is 1.69. The summed E-state index contributed by atoms with van der Waals surface area (Å²) in [6.07, 6.45) is 1.53. The second kappa shape index (κ2) is 8.13. The molecule has 3 rings (SSSR count). The van der Waals surface area contributed by atoms with E-state index in [1.165, 1.54) is 6.20 Å². The van der Waals surface area contributed by atoms with E-state index in [4.69, 9.17) is 34.8 Å². The first-order chi connectivity index (χ1) is 12.4. The van der Waals surface area contributed by atoms with Crippen molar-refractivity contribution in [2.75, 3.05) is 26.2 Å². The maximum Gasteiger partial charge on any atom is 0.257 e. The van der Waals surface area contributed by atoms with Crippen molar-refractivity contribution in [1.82, 2.24) is 14.8 Å². The van der Waals surface area contributed by atoms with E-state index in [0.717, 1.165) is 0 Å². The number of carbonyl (C=O) groups excluding carboxylic acids is 2. The minimum absolute atomic E-state index is 0.155. The smallest absolute Gasteiger partial charge is 0.257 e. The molecule has 1 aliphatic rings. The van der Waals surface area contributed by atoms with Crippen LogP contribution in [-0.2, 0) is 0 Å². The summed E-state index contributed by atoms with van der Waals surface area (Å²) in [6.45, 7) is 1.58. The van der Waals surface area contributed by atoms with Crippen molar-refractivity contribution in [2.45, 2.75) is 0 Å². The van der Waals surface area contributed by atoms with Gasteiger partial charge in [0.05, 0.1) is 21.2 Å². The number of nitrogens with zero attached hydrogens (tertiary/aromatic N) is 3. The summed E-state index contributed by atoms with van der Waals surface area (Å²) in [7, 11) is 0. The van der Waals surface area contributed by atoms with Crippen LogP contribution in [0, 0.1) is 0 Å². The van der Waals surface area contributed by atoms with Crippen LogP contribution >= 0.6 is 50.7 Å². The van der Waals surface area contributed by atoms with Crippen LogP contribution in [0.5, 0.6) is 0 Å². The Morgan fingerprint density at radius 1 is 0.962 bits per heavy atom. The largest absolute Gasteiger partial charge is 0.335 e. The average Bonchev–Trinajstić information content (AvgIpc) is 2.65. The Bertz CT molecular complexity index is 848. The second-order valence-electron chi connectivity index (χ2n) is 5.68. The molecule has 0 radical (unpaired) electrons. The van der Waals surface area contributed by atoms with Crippen molar-refractivity contribution >= 4 is 62.5 Å². The monoisotopic (exact) mass is 475 g/mol. The van der Waals surface area contributed by atoms with Gasteiger partial charge in [0.25, 0.3) is 11.8 Å². The summed E-state index contributed by atoms with van der Waals surface area (Å²) in [5.41, 5.74) is 0.692. The number of hydrogen-bond acceptors (Lipinski definition) is 3. The van der Waals surface area contributed by atoms with Crippen LogP contribution in [0.3, 0.4) is 0 Å². The highest BCUT2D eigenvalue weighted by Crippen LogP contribution is 2.27. The molecule has 0 unspecified atom stereocenters. The lowest BCUT2D eigenvalue weighted by molar-refractivity contribution is 0.0535. The van der Waals surface area contributed by atoms with E-state index in [1.807, 2.05) is 0 Å². The topological polar surface area (TPSA) is 53.5 Å². The molecule has 5 nitrogen and oxygen atoms in total. The highest BCUT2D eigenvalue weighted by molar-refractivity contribution is 9.10. The zero-order valence-corrected chi connectivity index (χ0v) is 17.2. The van der Waals surface area contributed by atoms with Crippen molar-refractivity contribution in [2.24, 2.45) is 0 Å². The summed E-state index contributed by atoms with van der Waals surface area (Å²) in [6, 6.07) is 6.60. The maximum absolute atomic E-state index is 12.7. The molecule has 2 heterocycles. The van der Waals surface area contributed by atoms with Gasteiger partial charge in [0, 0.05) is 36.8 Å². The number of benzene rings is 1. The minimum Gasteiger partial charge on any atom is -0.335 e. The van der Waals surface area contributed by atoms with Gasteiger partial charge in [-0.1, -0.05) is 40.9 Å². The van der Waals surface area contributed by atoms with Crippen LogP contribution in [-0.4, -0.2) is 52.8 Å². The molecule has 1 aliphatic heterocycles. The summed E-state index contributed by atoms with van der Waals surface area (Å²) >= 11 is 21.4. The molecule has 1 aromatic carbocycles. The van der Waals surface area contributed by atoms with Crippen molar-refractivity contribution in [1.29, 1.82) is 0 Å². The van der Waals surface area contributed by atoms with Crippen molar-refractivity contribution < 1.29 is 9.59 Å². The molecule has 26 heavy (non-hydrogen) atoms. The molecule has 2 aromatic rings. The van der Waals surface area contributed by atoms with Gasteiger partial charge < -0.3 is 9.80 Å². The van der Waals surface area contributed by atoms with E-state index in [9.17, 15) is 9.59 Å². The van der Waals surface area contributed by atoms with Crippen molar-refractivity contribution in [3.63, 3.8) is 0 Å². The van der Waals surface area contributed by atoms with E-state index in [2.05, 4.69) is 20.9 Å². The van der Waals surface area contributed by atoms with Gasteiger partial charge in [-0.25, -0.2) is 4.98 Å². The fourth-order valence-corrected chi connectivity index (χ4v) is 3.59. The highest BCUT2D eigenvalue weighted by Gasteiger charge is 2.28. The van der Waals surface area contributed by atoms with E-state index in [1.54, 1.807) is 34.1 Å². The average molecular weight is 478 g/mol. The Morgan fingerprint density at radius 2 is 1.54 bits per heavy atom. The third-order valence-corrected chi connectivity index (χ3v) is 5.63. The molecule has 0 bridgehead atoms. The van der Waals surface area contributed by atoms with Crippen LogP contribution in [0.25, 0.3) is 0 Å². The molecule has 2 amide bonds. The zero-order valence-electron chi connectivity index (χ0n) is 13.4. The molecule has 0 spiro atoms. The number of amides is 2. The number of hydrogen-bond donors (Lipinski definition) is 0. The molecule has 1 fully saturated rings. The van der Waals surface area contributed by atoms with Crippen LogP contribution in [0.15, 0.2) is 34.9 Å². The van der Waals surface area contributed by atoms with Gasteiger partial charge >= 0.3 is 0 Å². The van der Waals surface area contributed by atoms with Gasteiger partial charge in [0.15, 0.2) is 0 Å². The Kier molecular flexibility index (Phi) is 6.07. The van der Waals surface area contributed by atoms with Crippen LogP contribution in [0.2, 0.25) is 15.2 Å². The van der Waals surface area contributed by atoms with Gasteiger partial charge in [-0.2, -0.15) is 0 Å². The number of pyridine rings is 1. The molecule has 0 N–H and O–H groups in total. The Morgan fingerprint density at radius 3 is 2.15 bits per heavy atom. The number of aromatic nitrogens is 1. The first kappa shape index (κ1) is 19.4. The van der Waals surface area contributed by atoms with Gasteiger partial charge in [-0.3, -0.25) is 9.59 Å². The molecule has 0 atom stereocenters. The van der Waals surface area contributed by atoms with Gasteiger partial charge in [0.1, 0.15) is 5.15 Å². The molecule has 9 heteroatoms. The first-order valence-electron chi connectivity index (χ1n) is 7.72. The standard InChI is InChI=1S/C17H13BrCl3N3O2/c18-10-8-12(15(21)22-9-10)17(26)24-6-4-23(5-7-24)16(25)11-2-1-3-13(19)14(11)20/h1-3,8-9H,4-7H2. The van der Waals surface area contributed by atoms with Crippen LogP contribution < -0.4 is 0 Å². The maximum atomic E-state index is 12.7. The SMILES string of the molecule is O=C(c1cc(Br)cnc1Cl)N1CCN(C(=O)c2cccc(Cl)c2Cl)CC1. The Labute approximate surface area is 174 Å². The second-order valence-corrected chi connectivity index (χ2v) is 7.74. The van der Waals surface area contributed by atoms with Crippen molar-refractivity contribution in [3.8, 4) is 0 Å². The summed E-state index contributed by atoms with van der Waals surface area (Å²) in [5, 5.41) is 0.732. The minimum atomic E-state index is -0.211. The first-order valence-corrected chi connectivity index (χ1v) is 9.65. The van der Waals surface area contributed by atoms with E-state index >= 15 is 0 Å². The fourth-order valence-electron chi connectivity index (χ4n) is 2.69. The third-order valence-electron chi connectivity index (χ3n) is 4.07. The highest BCUT2D eigenvalue weighted by atomic mass is 79.9. The molecule has 1 saturated heterocycles. The summed E-state index contributed by atoms with van der Waals surface area (Å²) < 4.78 is 0.676. The van der Waals surface area contributed by atoms with Crippen LogP contribution in [0.1, 0.15) is 20.7 Å². The molecule has 0 saturated carbocycles. The van der Waals surface area contributed by atoms with E-state index < -0.39 is 0 Å². The van der Waals surface area contributed by atoms with Gasteiger partial charge in [-0.05, 0) is 34.1 Å². The fraction of sp³-hybridized carbons (Fsp3) is 0.235. The number of carbonyl (C=O) groups is 2. The zero-order chi connectivity index (χ0) is 18.8. The van der Waals surface area contributed by atoms with E-state index in [-0.39, 0.29) is 22.0 Å². The van der Waals surface area contributed by atoms with E-state index in [0.29, 0.717) is 46.8 Å². The molecular formula is C17H13BrCl3N3O2. The molecule has 1 aromatic heterocycles. The lowest BCUT2D eigenvalue weighted by atomic mass is 10.1. The Hall–Kier alpha value is -1.34. The lowest BCUT2D eigenvalue weighted by Gasteiger charge is -2.35. The third kappa shape index (κ3) is 3.98. The molecule has 136 valence electrons.